The van der Waals surface area contributed by atoms with E-state index in [1.165, 1.54) is 11.4 Å². The van der Waals surface area contributed by atoms with Crippen LogP contribution in [0.1, 0.15) is 22.8 Å². The summed E-state index contributed by atoms with van der Waals surface area (Å²) in [6, 6.07) is 17.8. The third kappa shape index (κ3) is 4.54. The fourth-order valence-corrected chi connectivity index (χ4v) is 4.52. The first kappa shape index (κ1) is 22.3. The number of carbonyl (C=O) groups is 2. The summed E-state index contributed by atoms with van der Waals surface area (Å²) in [5.41, 5.74) is 2.71. The van der Waals surface area contributed by atoms with Crippen LogP contribution in [0.25, 0.3) is 0 Å². The minimum Gasteiger partial charge on any atom is -0.479 e. The highest BCUT2D eigenvalue weighted by molar-refractivity contribution is 7.92. The van der Waals surface area contributed by atoms with E-state index in [2.05, 4.69) is 10.6 Å². The molecule has 0 aliphatic carbocycles. The second-order valence-electron chi connectivity index (χ2n) is 7.75. The van der Waals surface area contributed by atoms with Gasteiger partial charge in [-0.3, -0.25) is 13.9 Å². The monoisotopic (exact) mass is 465 g/mol. The Kier molecular flexibility index (Phi) is 5.82. The molecule has 2 amide bonds. The molecule has 0 saturated carbocycles. The van der Waals surface area contributed by atoms with Gasteiger partial charge in [0.1, 0.15) is 5.75 Å². The molecule has 0 fully saturated rings. The van der Waals surface area contributed by atoms with E-state index < -0.39 is 16.1 Å². The van der Waals surface area contributed by atoms with Gasteiger partial charge < -0.3 is 15.4 Å². The van der Waals surface area contributed by atoms with Crippen LogP contribution in [0.15, 0.2) is 71.6 Å². The Balaban J connectivity index is 1.48. The quantitative estimate of drug-likeness (QED) is 0.597. The molecule has 9 heteroatoms. The maximum Gasteiger partial charge on any atom is 0.265 e. The van der Waals surface area contributed by atoms with Crippen LogP contribution >= 0.6 is 0 Å². The van der Waals surface area contributed by atoms with Crippen LogP contribution in [0, 0.1) is 6.92 Å². The lowest BCUT2D eigenvalue weighted by atomic mass is 10.1. The molecule has 0 bridgehead atoms. The highest BCUT2D eigenvalue weighted by Crippen LogP contribution is 2.32. The van der Waals surface area contributed by atoms with Crippen LogP contribution in [-0.4, -0.2) is 33.4 Å². The van der Waals surface area contributed by atoms with Crippen molar-refractivity contribution in [1.82, 2.24) is 0 Å². The first-order valence-corrected chi connectivity index (χ1v) is 11.7. The molecule has 1 atom stereocenters. The number of carbonyl (C=O) groups excluding carboxylic acids is 2. The molecule has 1 heterocycles. The van der Waals surface area contributed by atoms with Crippen molar-refractivity contribution in [2.45, 2.75) is 24.8 Å². The average molecular weight is 466 g/mol. The van der Waals surface area contributed by atoms with Gasteiger partial charge in [0.05, 0.1) is 16.3 Å². The first-order valence-electron chi connectivity index (χ1n) is 10.2. The van der Waals surface area contributed by atoms with Gasteiger partial charge >= 0.3 is 0 Å². The van der Waals surface area contributed by atoms with E-state index in [1.807, 2.05) is 6.92 Å². The van der Waals surface area contributed by atoms with E-state index >= 15 is 0 Å². The van der Waals surface area contributed by atoms with Crippen LogP contribution in [0.2, 0.25) is 0 Å². The lowest BCUT2D eigenvalue weighted by Gasteiger charge is -2.23. The van der Waals surface area contributed by atoms with E-state index in [-0.39, 0.29) is 16.7 Å². The van der Waals surface area contributed by atoms with E-state index in [0.29, 0.717) is 28.4 Å². The van der Waals surface area contributed by atoms with Crippen molar-refractivity contribution in [1.29, 1.82) is 0 Å². The van der Waals surface area contributed by atoms with Gasteiger partial charge in [0.15, 0.2) is 6.10 Å². The van der Waals surface area contributed by atoms with Gasteiger partial charge in [0.2, 0.25) is 0 Å². The third-order valence-corrected chi connectivity index (χ3v) is 7.14. The summed E-state index contributed by atoms with van der Waals surface area (Å²) in [7, 11) is -2.25. The predicted molar refractivity (Wildman–Crippen MR) is 126 cm³/mol. The molecule has 0 aromatic heterocycles. The molecule has 0 spiro atoms. The third-order valence-electron chi connectivity index (χ3n) is 5.34. The molecule has 0 saturated heterocycles. The van der Waals surface area contributed by atoms with Crippen molar-refractivity contribution >= 4 is 38.9 Å². The van der Waals surface area contributed by atoms with Crippen molar-refractivity contribution in [3.05, 3.63) is 77.9 Å². The molecule has 3 aromatic carbocycles. The normalized spacial score (nSPS) is 15.1. The summed E-state index contributed by atoms with van der Waals surface area (Å²) in [4.78, 5) is 24.7. The zero-order valence-corrected chi connectivity index (χ0v) is 19.1. The van der Waals surface area contributed by atoms with Crippen LogP contribution < -0.4 is 19.7 Å². The Morgan fingerprint density at radius 2 is 1.70 bits per heavy atom. The van der Waals surface area contributed by atoms with Crippen molar-refractivity contribution < 1.29 is 22.7 Å². The van der Waals surface area contributed by atoms with Crippen molar-refractivity contribution in [3.8, 4) is 5.75 Å². The molecule has 4 rings (SSSR count). The zero-order chi connectivity index (χ0) is 23.8. The number of nitrogens with zero attached hydrogens (tertiary/aromatic N) is 1. The largest absolute Gasteiger partial charge is 0.479 e. The predicted octanol–water partition coefficient (Wildman–Crippen LogP) is 3.79. The van der Waals surface area contributed by atoms with Gasteiger partial charge in [-0.15, -0.1) is 0 Å². The number of hydrogen-bond acceptors (Lipinski definition) is 5. The molecule has 170 valence electrons. The first-order chi connectivity index (χ1) is 15.6. The summed E-state index contributed by atoms with van der Waals surface area (Å²) in [6.07, 6.45) is -0.579. The van der Waals surface area contributed by atoms with E-state index in [4.69, 9.17) is 4.74 Å². The number of nitrogens with one attached hydrogen (secondary N) is 2. The molecule has 0 radical (unpaired) electrons. The zero-order valence-electron chi connectivity index (χ0n) is 18.3. The number of rotatable bonds is 5. The summed E-state index contributed by atoms with van der Waals surface area (Å²) < 4.78 is 32.4. The van der Waals surface area contributed by atoms with Crippen LogP contribution in [0.5, 0.6) is 5.75 Å². The maximum absolute atomic E-state index is 12.9. The minimum absolute atomic E-state index is 0.190. The van der Waals surface area contributed by atoms with Crippen LogP contribution in [0.3, 0.4) is 0 Å². The Labute approximate surface area is 192 Å². The number of sulfonamides is 1. The van der Waals surface area contributed by atoms with Crippen molar-refractivity contribution in [3.63, 3.8) is 0 Å². The number of hydrogen-bond donors (Lipinski definition) is 2. The fourth-order valence-electron chi connectivity index (χ4n) is 3.32. The molecule has 2 N–H and O–H groups in total. The van der Waals surface area contributed by atoms with Crippen LogP contribution in [0.4, 0.5) is 17.1 Å². The molecular weight excluding hydrogens is 442 g/mol. The number of aryl methyl sites for hydroxylation is 1. The SMILES string of the molecule is Cc1ccc(S(=O)(=O)N(C)c2ccc(C(=O)Nc3ccc4c(c3)NC(=O)C(C)O4)cc2)cc1. The van der Waals surface area contributed by atoms with Gasteiger partial charge in [-0.05, 0) is 68.4 Å². The Bertz CT molecular complexity index is 1320. The van der Waals surface area contributed by atoms with E-state index in [0.717, 1.165) is 5.56 Å². The highest BCUT2D eigenvalue weighted by Gasteiger charge is 2.24. The number of benzene rings is 3. The maximum atomic E-state index is 12.9. The lowest BCUT2D eigenvalue weighted by Crippen LogP contribution is -2.34. The molecule has 1 unspecified atom stereocenters. The van der Waals surface area contributed by atoms with Crippen molar-refractivity contribution in [2.24, 2.45) is 0 Å². The number of anilines is 3. The summed E-state index contributed by atoms with van der Waals surface area (Å²) >= 11 is 0. The van der Waals surface area contributed by atoms with E-state index in [1.54, 1.807) is 73.7 Å². The smallest absolute Gasteiger partial charge is 0.265 e. The van der Waals surface area contributed by atoms with Gasteiger partial charge in [0, 0.05) is 18.3 Å². The number of amides is 2. The molecular formula is C24H23N3O5S. The standard InChI is InChI=1S/C24H23N3O5S/c1-15-4-11-20(12-5-15)33(30,31)27(3)19-9-6-17(7-10-19)24(29)25-18-8-13-22-21(14-18)26-23(28)16(2)32-22/h4-14,16H,1-3H3,(H,25,29)(H,26,28). The summed E-state index contributed by atoms with van der Waals surface area (Å²) in [5, 5.41) is 5.50. The summed E-state index contributed by atoms with van der Waals surface area (Å²) in [6.45, 7) is 3.54. The lowest BCUT2D eigenvalue weighted by molar-refractivity contribution is -0.122. The Hall–Kier alpha value is -3.85. The Morgan fingerprint density at radius 3 is 2.36 bits per heavy atom. The molecule has 1 aliphatic rings. The number of ether oxygens (including phenoxy) is 1. The summed E-state index contributed by atoms with van der Waals surface area (Å²) in [5.74, 6) is -0.101. The second-order valence-corrected chi connectivity index (χ2v) is 9.72. The Morgan fingerprint density at radius 1 is 1.03 bits per heavy atom. The van der Waals surface area contributed by atoms with Crippen molar-refractivity contribution in [2.75, 3.05) is 22.0 Å². The second kappa shape index (κ2) is 8.59. The van der Waals surface area contributed by atoms with E-state index in [9.17, 15) is 18.0 Å². The van der Waals surface area contributed by atoms with Gasteiger partial charge in [-0.25, -0.2) is 8.42 Å². The fraction of sp³-hybridized carbons (Fsp3) is 0.167. The molecule has 3 aromatic rings. The topological polar surface area (TPSA) is 105 Å². The number of fused-ring (bicyclic) bond motifs is 1. The van der Waals surface area contributed by atoms with Crippen LogP contribution in [-0.2, 0) is 14.8 Å². The highest BCUT2D eigenvalue weighted by atomic mass is 32.2. The molecule has 33 heavy (non-hydrogen) atoms. The van der Waals surface area contributed by atoms with Gasteiger partial charge in [-0.1, -0.05) is 17.7 Å². The minimum atomic E-state index is -3.72. The molecule has 8 nitrogen and oxygen atoms in total. The average Bonchev–Trinajstić information content (AvgIpc) is 2.80. The van der Waals surface area contributed by atoms with Gasteiger partial charge in [-0.2, -0.15) is 0 Å². The molecule has 1 aliphatic heterocycles. The van der Waals surface area contributed by atoms with Gasteiger partial charge in [0.25, 0.3) is 21.8 Å².